The molecule has 1 amide bonds. The molecule has 5 nitrogen and oxygen atoms in total. The van der Waals surface area contributed by atoms with E-state index in [4.69, 9.17) is 5.11 Å². The summed E-state index contributed by atoms with van der Waals surface area (Å²) in [5, 5.41) is 11.7. The molecule has 1 rings (SSSR count). The SMILES string of the molecule is CC(C(=O)O)C(C)C(=O)NCC1CCCCN1C. The Kier molecular flexibility index (Phi) is 5.59. The average molecular weight is 256 g/mol. The second-order valence-corrected chi connectivity index (χ2v) is 5.29. The van der Waals surface area contributed by atoms with Crippen molar-refractivity contribution in [3.63, 3.8) is 0 Å². The molecular weight excluding hydrogens is 232 g/mol. The van der Waals surface area contributed by atoms with Gasteiger partial charge in [-0.15, -0.1) is 0 Å². The van der Waals surface area contributed by atoms with Crippen molar-refractivity contribution in [1.29, 1.82) is 0 Å². The summed E-state index contributed by atoms with van der Waals surface area (Å²) in [6, 6.07) is 0.384. The zero-order valence-electron chi connectivity index (χ0n) is 11.5. The fourth-order valence-corrected chi connectivity index (χ4v) is 2.22. The molecule has 0 bridgehead atoms. The lowest BCUT2D eigenvalue weighted by atomic mass is 9.95. The van der Waals surface area contributed by atoms with E-state index in [1.165, 1.54) is 12.8 Å². The lowest BCUT2D eigenvalue weighted by Gasteiger charge is -2.32. The zero-order chi connectivity index (χ0) is 13.7. The standard InChI is InChI=1S/C13H24N2O3/c1-9(10(2)13(17)18)12(16)14-8-11-6-4-5-7-15(11)3/h9-11H,4-8H2,1-3H3,(H,14,16)(H,17,18). The molecule has 2 N–H and O–H groups in total. The van der Waals surface area contributed by atoms with Gasteiger partial charge < -0.3 is 15.3 Å². The maximum atomic E-state index is 11.8. The van der Waals surface area contributed by atoms with E-state index in [1.807, 2.05) is 0 Å². The lowest BCUT2D eigenvalue weighted by Crippen LogP contribution is -2.46. The quantitative estimate of drug-likeness (QED) is 0.768. The molecule has 1 aliphatic rings. The highest BCUT2D eigenvalue weighted by molar-refractivity contribution is 5.84. The van der Waals surface area contributed by atoms with Crippen LogP contribution in [0.15, 0.2) is 0 Å². The van der Waals surface area contributed by atoms with Crippen LogP contribution in [0.5, 0.6) is 0 Å². The van der Waals surface area contributed by atoms with Gasteiger partial charge in [0.25, 0.3) is 0 Å². The number of piperidine rings is 1. The third-order valence-electron chi connectivity index (χ3n) is 3.99. The van der Waals surface area contributed by atoms with Gasteiger partial charge in [-0.2, -0.15) is 0 Å². The van der Waals surface area contributed by atoms with Crippen LogP contribution in [0.3, 0.4) is 0 Å². The number of likely N-dealkylation sites (tertiary alicyclic amines) is 1. The van der Waals surface area contributed by atoms with E-state index >= 15 is 0 Å². The molecule has 0 spiro atoms. The number of nitrogens with one attached hydrogen (secondary N) is 1. The van der Waals surface area contributed by atoms with Crippen molar-refractivity contribution in [2.24, 2.45) is 11.8 Å². The van der Waals surface area contributed by atoms with Gasteiger partial charge in [-0.05, 0) is 26.4 Å². The first-order valence-electron chi connectivity index (χ1n) is 6.64. The Hall–Kier alpha value is -1.10. The number of likely N-dealkylation sites (N-methyl/N-ethyl adjacent to an activating group) is 1. The monoisotopic (exact) mass is 256 g/mol. The van der Waals surface area contributed by atoms with E-state index in [2.05, 4.69) is 17.3 Å². The normalized spacial score (nSPS) is 24.3. The van der Waals surface area contributed by atoms with Gasteiger partial charge >= 0.3 is 5.97 Å². The highest BCUT2D eigenvalue weighted by atomic mass is 16.4. The molecule has 0 saturated carbocycles. The summed E-state index contributed by atoms with van der Waals surface area (Å²) in [5.41, 5.74) is 0. The van der Waals surface area contributed by atoms with Crippen molar-refractivity contribution in [3.8, 4) is 0 Å². The van der Waals surface area contributed by atoms with E-state index in [0.29, 0.717) is 12.6 Å². The fourth-order valence-electron chi connectivity index (χ4n) is 2.22. The number of amides is 1. The maximum Gasteiger partial charge on any atom is 0.307 e. The number of carbonyl (C=O) groups is 2. The molecule has 0 aromatic rings. The molecular formula is C13H24N2O3. The minimum Gasteiger partial charge on any atom is -0.481 e. The third kappa shape index (κ3) is 3.98. The van der Waals surface area contributed by atoms with Crippen LogP contribution in [-0.4, -0.2) is 48.1 Å². The summed E-state index contributed by atoms with van der Waals surface area (Å²) >= 11 is 0. The molecule has 0 aliphatic carbocycles. The predicted molar refractivity (Wildman–Crippen MR) is 69.2 cm³/mol. The van der Waals surface area contributed by atoms with Gasteiger partial charge in [-0.3, -0.25) is 9.59 Å². The van der Waals surface area contributed by atoms with Gasteiger partial charge in [0.05, 0.1) is 5.92 Å². The van der Waals surface area contributed by atoms with Crippen molar-refractivity contribution in [3.05, 3.63) is 0 Å². The highest BCUT2D eigenvalue weighted by Gasteiger charge is 2.26. The van der Waals surface area contributed by atoms with Crippen LogP contribution in [0.2, 0.25) is 0 Å². The van der Waals surface area contributed by atoms with Crippen LogP contribution in [0.1, 0.15) is 33.1 Å². The summed E-state index contributed by atoms with van der Waals surface area (Å²) < 4.78 is 0. The van der Waals surface area contributed by atoms with Crippen LogP contribution in [0.25, 0.3) is 0 Å². The van der Waals surface area contributed by atoms with Crippen LogP contribution in [0.4, 0.5) is 0 Å². The van der Waals surface area contributed by atoms with Crippen molar-refractivity contribution in [2.75, 3.05) is 20.1 Å². The molecule has 0 aromatic heterocycles. The van der Waals surface area contributed by atoms with Crippen molar-refractivity contribution in [1.82, 2.24) is 10.2 Å². The highest BCUT2D eigenvalue weighted by Crippen LogP contribution is 2.15. The number of hydrogen-bond donors (Lipinski definition) is 2. The molecule has 1 heterocycles. The largest absolute Gasteiger partial charge is 0.481 e. The van der Waals surface area contributed by atoms with Gasteiger partial charge in [-0.25, -0.2) is 0 Å². The molecule has 3 atom stereocenters. The summed E-state index contributed by atoms with van der Waals surface area (Å²) in [4.78, 5) is 24.9. The van der Waals surface area contributed by atoms with Gasteiger partial charge in [-0.1, -0.05) is 20.3 Å². The Morgan fingerprint density at radius 2 is 2.00 bits per heavy atom. The molecule has 0 radical (unpaired) electrons. The second-order valence-electron chi connectivity index (χ2n) is 5.29. The molecule has 18 heavy (non-hydrogen) atoms. The number of nitrogens with zero attached hydrogens (tertiary/aromatic N) is 1. The lowest BCUT2D eigenvalue weighted by molar-refractivity contribution is -0.146. The van der Waals surface area contributed by atoms with Crippen molar-refractivity contribution >= 4 is 11.9 Å². The van der Waals surface area contributed by atoms with Gasteiger partial charge in [0, 0.05) is 18.5 Å². The second kappa shape index (κ2) is 6.73. The maximum absolute atomic E-state index is 11.8. The first-order valence-corrected chi connectivity index (χ1v) is 6.64. The Morgan fingerprint density at radius 3 is 2.56 bits per heavy atom. The first-order chi connectivity index (χ1) is 8.43. The Bertz CT molecular complexity index is 307. The first kappa shape index (κ1) is 15.0. The minimum atomic E-state index is -0.924. The fraction of sp³-hybridized carbons (Fsp3) is 0.846. The number of carboxylic acid groups (broad SMARTS) is 1. The summed E-state index contributed by atoms with van der Waals surface area (Å²) in [5.74, 6) is -2.22. The third-order valence-corrected chi connectivity index (χ3v) is 3.99. The average Bonchev–Trinajstić information content (AvgIpc) is 2.35. The Labute approximate surface area is 109 Å². The van der Waals surface area contributed by atoms with Crippen molar-refractivity contribution < 1.29 is 14.7 Å². The zero-order valence-corrected chi connectivity index (χ0v) is 11.5. The van der Waals surface area contributed by atoms with E-state index in [0.717, 1.165) is 13.0 Å². The molecule has 1 saturated heterocycles. The van der Waals surface area contributed by atoms with Gasteiger partial charge in [0.2, 0.25) is 5.91 Å². The summed E-state index contributed by atoms with van der Waals surface area (Å²) in [6.45, 7) is 4.92. The van der Waals surface area contributed by atoms with Crippen molar-refractivity contribution in [2.45, 2.75) is 39.2 Å². The van der Waals surface area contributed by atoms with Gasteiger partial charge in [0.1, 0.15) is 0 Å². The van der Waals surface area contributed by atoms with Crippen LogP contribution < -0.4 is 5.32 Å². The van der Waals surface area contributed by atoms with Crippen LogP contribution in [-0.2, 0) is 9.59 Å². The van der Waals surface area contributed by atoms with E-state index < -0.39 is 17.8 Å². The molecule has 1 aliphatic heterocycles. The smallest absolute Gasteiger partial charge is 0.307 e. The molecule has 0 aromatic carbocycles. The van der Waals surface area contributed by atoms with Gasteiger partial charge in [0.15, 0.2) is 0 Å². The van der Waals surface area contributed by atoms with E-state index in [-0.39, 0.29) is 5.91 Å². The van der Waals surface area contributed by atoms with E-state index in [9.17, 15) is 9.59 Å². The Balaban J connectivity index is 2.38. The topological polar surface area (TPSA) is 69.6 Å². The number of rotatable bonds is 5. The molecule has 3 unspecified atom stereocenters. The molecule has 5 heteroatoms. The minimum absolute atomic E-state index is 0.163. The van der Waals surface area contributed by atoms with Crippen LogP contribution >= 0.6 is 0 Å². The number of carbonyl (C=O) groups excluding carboxylic acids is 1. The number of carboxylic acids is 1. The van der Waals surface area contributed by atoms with Crippen LogP contribution in [0, 0.1) is 11.8 Å². The molecule has 1 fully saturated rings. The van der Waals surface area contributed by atoms with E-state index in [1.54, 1.807) is 13.8 Å². The number of aliphatic carboxylic acids is 1. The Morgan fingerprint density at radius 1 is 1.33 bits per heavy atom. The molecule has 104 valence electrons. The predicted octanol–water partition coefficient (Wildman–Crippen LogP) is 0.944. The summed E-state index contributed by atoms with van der Waals surface area (Å²) in [6.07, 6.45) is 3.51. The number of hydrogen-bond acceptors (Lipinski definition) is 3. The summed E-state index contributed by atoms with van der Waals surface area (Å²) in [7, 11) is 2.07.